The Kier molecular flexibility index (Phi) is 4.66. The molecule has 0 aliphatic carbocycles. The van der Waals surface area contributed by atoms with Crippen molar-refractivity contribution in [3.63, 3.8) is 0 Å². The molecule has 5 nitrogen and oxygen atoms in total. The van der Waals surface area contributed by atoms with Crippen molar-refractivity contribution in [2.45, 2.75) is 6.92 Å². The second-order valence-electron chi connectivity index (χ2n) is 4.92. The van der Waals surface area contributed by atoms with Gasteiger partial charge in [0.2, 0.25) is 0 Å². The van der Waals surface area contributed by atoms with E-state index in [9.17, 15) is 4.39 Å². The van der Waals surface area contributed by atoms with E-state index in [4.69, 9.17) is 21.1 Å². The highest BCUT2D eigenvalue weighted by atomic mass is 35.5. The number of benzene rings is 2. The van der Waals surface area contributed by atoms with Crippen LogP contribution >= 0.6 is 11.6 Å². The SMILES string of the molecule is CCOc1cc2ncnc(Nc3ccc(Cl)cc3F)c2cc1OC. The third kappa shape index (κ3) is 3.19. The number of halogens is 2. The van der Waals surface area contributed by atoms with Crippen LogP contribution in [0.3, 0.4) is 0 Å². The number of hydrogen-bond donors (Lipinski definition) is 1. The summed E-state index contributed by atoms with van der Waals surface area (Å²) >= 11 is 5.78. The molecule has 0 spiro atoms. The van der Waals surface area contributed by atoms with Gasteiger partial charge >= 0.3 is 0 Å². The largest absolute Gasteiger partial charge is 0.493 e. The lowest BCUT2D eigenvalue weighted by molar-refractivity contribution is 0.311. The molecule has 2 aromatic carbocycles. The van der Waals surface area contributed by atoms with Crippen molar-refractivity contribution in [2.75, 3.05) is 19.0 Å². The fourth-order valence-corrected chi connectivity index (χ4v) is 2.47. The van der Waals surface area contributed by atoms with Gasteiger partial charge in [0.25, 0.3) is 0 Å². The number of nitrogens with one attached hydrogen (secondary N) is 1. The van der Waals surface area contributed by atoms with Gasteiger partial charge in [0.05, 0.1) is 24.9 Å². The maximum atomic E-state index is 14.0. The monoisotopic (exact) mass is 347 g/mol. The Balaban J connectivity index is 2.07. The van der Waals surface area contributed by atoms with Gasteiger partial charge in [-0.25, -0.2) is 14.4 Å². The molecule has 0 unspecified atom stereocenters. The van der Waals surface area contributed by atoms with Crippen LogP contribution in [0.1, 0.15) is 6.92 Å². The Labute approximate surface area is 143 Å². The zero-order chi connectivity index (χ0) is 17.1. The summed E-state index contributed by atoms with van der Waals surface area (Å²) in [6, 6.07) is 7.92. The zero-order valence-corrected chi connectivity index (χ0v) is 13.9. The molecule has 1 aromatic heterocycles. The van der Waals surface area contributed by atoms with Crippen molar-refractivity contribution in [3.05, 3.63) is 47.5 Å². The van der Waals surface area contributed by atoms with Crippen LogP contribution in [0.2, 0.25) is 5.02 Å². The third-order valence-electron chi connectivity index (χ3n) is 3.40. The van der Waals surface area contributed by atoms with Gasteiger partial charge in [-0.1, -0.05) is 11.6 Å². The number of rotatable bonds is 5. The van der Waals surface area contributed by atoms with Crippen molar-refractivity contribution < 1.29 is 13.9 Å². The summed E-state index contributed by atoms with van der Waals surface area (Å²) in [6.07, 6.45) is 1.40. The highest BCUT2D eigenvalue weighted by Gasteiger charge is 2.12. The lowest BCUT2D eigenvalue weighted by Crippen LogP contribution is -2.00. The molecule has 0 bridgehead atoms. The lowest BCUT2D eigenvalue weighted by atomic mass is 10.2. The summed E-state index contributed by atoms with van der Waals surface area (Å²) in [5.74, 6) is 1.14. The average molecular weight is 348 g/mol. The standard InChI is InChI=1S/C17H15ClFN3O2/c1-3-24-16-8-14-11(7-15(16)23-2)17(21-9-20-14)22-13-5-4-10(18)6-12(13)19/h4-9H,3H2,1-2H3,(H,20,21,22). The first-order chi connectivity index (χ1) is 11.6. The van der Waals surface area contributed by atoms with Crippen LogP contribution in [0.5, 0.6) is 11.5 Å². The minimum Gasteiger partial charge on any atom is -0.493 e. The summed E-state index contributed by atoms with van der Waals surface area (Å²) in [7, 11) is 1.56. The zero-order valence-electron chi connectivity index (χ0n) is 13.1. The molecule has 0 atom stereocenters. The van der Waals surface area contributed by atoms with Crippen molar-refractivity contribution in [2.24, 2.45) is 0 Å². The molecule has 1 N–H and O–H groups in total. The molecular formula is C17H15ClFN3O2. The van der Waals surface area contributed by atoms with E-state index in [0.29, 0.717) is 39.8 Å². The molecule has 0 fully saturated rings. The van der Waals surface area contributed by atoms with Crippen LogP contribution < -0.4 is 14.8 Å². The van der Waals surface area contributed by atoms with E-state index in [2.05, 4.69) is 15.3 Å². The summed E-state index contributed by atoms with van der Waals surface area (Å²) in [4.78, 5) is 8.44. The van der Waals surface area contributed by atoms with E-state index >= 15 is 0 Å². The Morgan fingerprint density at radius 3 is 2.71 bits per heavy atom. The fraction of sp³-hybridized carbons (Fsp3) is 0.176. The van der Waals surface area contributed by atoms with E-state index in [1.165, 1.54) is 12.4 Å². The molecule has 3 rings (SSSR count). The van der Waals surface area contributed by atoms with Gasteiger partial charge < -0.3 is 14.8 Å². The van der Waals surface area contributed by atoms with E-state index < -0.39 is 5.82 Å². The molecule has 3 aromatic rings. The van der Waals surface area contributed by atoms with Crippen molar-refractivity contribution in [3.8, 4) is 11.5 Å². The van der Waals surface area contributed by atoms with Gasteiger partial charge in [0, 0.05) is 16.5 Å². The Hall–Kier alpha value is -2.60. The Morgan fingerprint density at radius 2 is 2.00 bits per heavy atom. The number of ether oxygens (including phenoxy) is 2. The lowest BCUT2D eigenvalue weighted by Gasteiger charge is -2.13. The topological polar surface area (TPSA) is 56.3 Å². The molecule has 0 saturated heterocycles. The van der Waals surface area contributed by atoms with E-state index in [-0.39, 0.29) is 5.69 Å². The molecule has 0 amide bonds. The number of aromatic nitrogens is 2. The summed E-state index contributed by atoms with van der Waals surface area (Å²) in [6.45, 7) is 2.40. The number of methoxy groups -OCH3 is 1. The minimum absolute atomic E-state index is 0.271. The summed E-state index contributed by atoms with van der Waals surface area (Å²) < 4.78 is 24.9. The number of fused-ring (bicyclic) bond motifs is 1. The van der Waals surface area contributed by atoms with Gasteiger partial charge in [-0.15, -0.1) is 0 Å². The fourth-order valence-electron chi connectivity index (χ4n) is 2.31. The van der Waals surface area contributed by atoms with E-state index in [1.54, 1.807) is 31.4 Å². The van der Waals surface area contributed by atoms with Gasteiger partial charge in [-0.2, -0.15) is 0 Å². The maximum Gasteiger partial charge on any atom is 0.163 e. The van der Waals surface area contributed by atoms with Gasteiger partial charge in [0.15, 0.2) is 11.5 Å². The second-order valence-corrected chi connectivity index (χ2v) is 5.36. The predicted molar refractivity (Wildman–Crippen MR) is 92.0 cm³/mol. The highest BCUT2D eigenvalue weighted by Crippen LogP contribution is 2.35. The average Bonchev–Trinajstić information content (AvgIpc) is 2.57. The number of anilines is 2. The first-order valence-corrected chi connectivity index (χ1v) is 7.67. The molecule has 0 aliphatic heterocycles. The second kappa shape index (κ2) is 6.88. The third-order valence-corrected chi connectivity index (χ3v) is 3.64. The van der Waals surface area contributed by atoms with E-state index in [1.807, 2.05) is 6.92 Å². The van der Waals surface area contributed by atoms with Gasteiger partial charge in [-0.05, 0) is 31.2 Å². The normalized spacial score (nSPS) is 10.7. The van der Waals surface area contributed by atoms with Crippen LogP contribution in [0.4, 0.5) is 15.9 Å². The van der Waals surface area contributed by atoms with Crippen LogP contribution in [0.15, 0.2) is 36.7 Å². The molecule has 0 radical (unpaired) electrons. The van der Waals surface area contributed by atoms with Crippen molar-refractivity contribution in [1.82, 2.24) is 9.97 Å². The van der Waals surface area contributed by atoms with Crippen LogP contribution in [-0.4, -0.2) is 23.7 Å². The Bertz CT molecular complexity index is 889. The molecule has 124 valence electrons. The molecular weight excluding hydrogens is 333 g/mol. The first kappa shape index (κ1) is 16.3. The van der Waals surface area contributed by atoms with Crippen molar-refractivity contribution in [1.29, 1.82) is 0 Å². The molecule has 24 heavy (non-hydrogen) atoms. The number of hydrogen-bond acceptors (Lipinski definition) is 5. The Morgan fingerprint density at radius 1 is 1.17 bits per heavy atom. The maximum absolute atomic E-state index is 14.0. The first-order valence-electron chi connectivity index (χ1n) is 7.30. The predicted octanol–water partition coefficient (Wildman–Crippen LogP) is 4.57. The molecule has 0 aliphatic rings. The number of nitrogens with zero attached hydrogens (tertiary/aromatic N) is 2. The van der Waals surface area contributed by atoms with Crippen LogP contribution in [0, 0.1) is 5.82 Å². The summed E-state index contributed by atoms with van der Waals surface area (Å²) in [5.41, 5.74) is 0.929. The smallest absolute Gasteiger partial charge is 0.163 e. The summed E-state index contributed by atoms with van der Waals surface area (Å²) in [5, 5.41) is 3.98. The minimum atomic E-state index is -0.466. The van der Waals surface area contributed by atoms with Gasteiger partial charge in [0.1, 0.15) is 18.0 Å². The molecule has 0 saturated carbocycles. The molecule has 7 heteroatoms. The van der Waals surface area contributed by atoms with Gasteiger partial charge in [-0.3, -0.25) is 0 Å². The molecule has 1 heterocycles. The quantitative estimate of drug-likeness (QED) is 0.732. The van der Waals surface area contributed by atoms with Crippen LogP contribution in [-0.2, 0) is 0 Å². The van der Waals surface area contributed by atoms with E-state index in [0.717, 1.165) is 0 Å². The van der Waals surface area contributed by atoms with Crippen molar-refractivity contribution >= 4 is 34.0 Å². The highest BCUT2D eigenvalue weighted by molar-refractivity contribution is 6.30. The van der Waals surface area contributed by atoms with Crippen LogP contribution in [0.25, 0.3) is 10.9 Å².